The number of benzene rings is 7. The average molecular weight is 627 g/mol. The van der Waals surface area contributed by atoms with E-state index in [0.717, 1.165) is 0 Å². The zero-order chi connectivity index (χ0) is 33.3. The van der Waals surface area contributed by atoms with E-state index in [0.29, 0.717) is 0 Å². The third-order valence-corrected chi connectivity index (χ3v) is 11.4. The number of rotatable bonds is 4. The van der Waals surface area contributed by atoms with Gasteiger partial charge in [0.15, 0.2) is 0 Å². The van der Waals surface area contributed by atoms with Gasteiger partial charge >= 0.3 is 0 Å². The van der Waals surface area contributed by atoms with Crippen LogP contribution in [0.5, 0.6) is 0 Å². The van der Waals surface area contributed by atoms with Crippen molar-refractivity contribution in [1.29, 1.82) is 0 Å². The first-order valence-electron chi connectivity index (χ1n) is 17.6. The van der Waals surface area contributed by atoms with Crippen molar-refractivity contribution in [3.05, 3.63) is 186 Å². The predicted octanol–water partition coefficient (Wildman–Crippen LogP) is 10.1. The Morgan fingerprint density at radius 3 is 1.10 bits per heavy atom. The van der Waals surface area contributed by atoms with Crippen molar-refractivity contribution in [2.75, 3.05) is 0 Å². The smallest absolute Gasteiger partial charge is 0.0667 e. The Kier molecular flexibility index (Phi) is 6.72. The third-order valence-electron chi connectivity index (χ3n) is 11.4. The van der Waals surface area contributed by atoms with Crippen molar-refractivity contribution in [3.63, 3.8) is 0 Å². The summed E-state index contributed by atoms with van der Waals surface area (Å²) in [5.74, 6) is 0. The van der Waals surface area contributed by atoms with Crippen LogP contribution in [0.3, 0.4) is 0 Å². The minimum atomic E-state index is -0.115. The monoisotopic (exact) mass is 626 g/mol. The minimum Gasteiger partial charge on any atom is -0.0667 e. The van der Waals surface area contributed by atoms with Gasteiger partial charge in [0.1, 0.15) is 0 Å². The summed E-state index contributed by atoms with van der Waals surface area (Å²) in [5.41, 5.74) is 19.9. The van der Waals surface area contributed by atoms with Gasteiger partial charge in [-0.15, -0.1) is 0 Å². The van der Waals surface area contributed by atoms with Gasteiger partial charge in [0, 0.05) is 10.8 Å². The SMILES string of the molecule is CC1(C)c2ccccc2B2c3ccccc3C(C)(C)c3cc(-c4cccc(-c5cccc(-c6cccc(-c7ccccc7)c6)c5)c4)cc1c32. The van der Waals surface area contributed by atoms with Crippen molar-refractivity contribution in [2.45, 2.75) is 38.5 Å². The lowest BCUT2D eigenvalue weighted by Gasteiger charge is -2.47. The molecule has 234 valence electrons. The molecule has 0 aliphatic carbocycles. The van der Waals surface area contributed by atoms with Gasteiger partial charge in [-0.2, -0.15) is 0 Å². The molecule has 2 heterocycles. The molecule has 0 fully saturated rings. The molecule has 0 nitrogen and oxygen atoms in total. The molecular formula is C48H39B. The van der Waals surface area contributed by atoms with Crippen LogP contribution in [0.2, 0.25) is 0 Å². The zero-order valence-electron chi connectivity index (χ0n) is 28.7. The lowest BCUT2D eigenvalue weighted by molar-refractivity contribution is 0.622. The summed E-state index contributed by atoms with van der Waals surface area (Å²) < 4.78 is 0. The Balaban J connectivity index is 1.17. The highest BCUT2D eigenvalue weighted by atomic mass is 14.4. The highest BCUT2D eigenvalue weighted by molar-refractivity contribution is 6.97. The maximum atomic E-state index is 2.51. The molecule has 0 unspecified atom stereocenters. The topological polar surface area (TPSA) is 0 Å². The highest BCUT2D eigenvalue weighted by Gasteiger charge is 2.48. The van der Waals surface area contributed by atoms with E-state index in [9.17, 15) is 0 Å². The number of hydrogen-bond acceptors (Lipinski definition) is 0. The molecule has 0 N–H and O–H groups in total. The Bertz CT molecular complexity index is 2310. The zero-order valence-corrected chi connectivity index (χ0v) is 28.7. The van der Waals surface area contributed by atoms with Gasteiger partial charge in [-0.05, 0) is 85.0 Å². The van der Waals surface area contributed by atoms with Crippen molar-refractivity contribution < 1.29 is 0 Å². The first-order valence-corrected chi connectivity index (χ1v) is 17.6. The van der Waals surface area contributed by atoms with Crippen LogP contribution in [-0.4, -0.2) is 6.71 Å². The molecule has 2 aliphatic rings. The fourth-order valence-corrected chi connectivity index (χ4v) is 8.84. The number of fused-ring (bicyclic) bond motifs is 4. The summed E-state index contributed by atoms with van der Waals surface area (Å²) in [5, 5.41) is 0. The van der Waals surface area contributed by atoms with Crippen LogP contribution in [0.25, 0.3) is 44.5 Å². The van der Waals surface area contributed by atoms with Crippen LogP contribution < -0.4 is 16.4 Å². The van der Waals surface area contributed by atoms with Gasteiger partial charge < -0.3 is 0 Å². The van der Waals surface area contributed by atoms with Crippen molar-refractivity contribution in [2.24, 2.45) is 0 Å². The normalized spacial score (nSPS) is 14.8. The minimum absolute atomic E-state index is 0.115. The van der Waals surface area contributed by atoms with Crippen molar-refractivity contribution >= 4 is 23.1 Å². The quantitative estimate of drug-likeness (QED) is 0.171. The Morgan fingerprint density at radius 1 is 0.306 bits per heavy atom. The first kappa shape index (κ1) is 29.7. The molecule has 1 heteroatoms. The molecule has 9 rings (SSSR count). The van der Waals surface area contributed by atoms with E-state index >= 15 is 0 Å². The van der Waals surface area contributed by atoms with E-state index in [1.165, 1.54) is 83.1 Å². The van der Waals surface area contributed by atoms with Gasteiger partial charge in [-0.1, -0.05) is 190 Å². The largest absolute Gasteiger partial charge is 0.242 e. The van der Waals surface area contributed by atoms with Gasteiger partial charge in [0.25, 0.3) is 0 Å². The van der Waals surface area contributed by atoms with Crippen molar-refractivity contribution in [3.8, 4) is 44.5 Å². The van der Waals surface area contributed by atoms with E-state index in [1.807, 2.05) is 0 Å². The van der Waals surface area contributed by atoms with E-state index in [4.69, 9.17) is 0 Å². The molecule has 2 aliphatic heterocycles. The fraction of sp³-hybridized carbons (Fsp3) is 0.125. The summed E-state index contributed by atoms with van der Waals surface area (Å²) in [6.07, 6.45) is 0. The summed E-state index contributed by atoms with van der Waals surface area (Å²) in [6, 6.07) is 61.0. The van der Waals surface area contributed by atoms with Crippen LogP contribution >= 0.6 is 0 Å². The van der Waals surface area contributed by atoms with Crippen LogP contribution in [0.1, 0.15) is 49.9 Å². The maximum absolute atomic E-state index is 2.51. The second-order valence-electron chi connectivity index (χ2n) is 15.0. The van der Waals surface area contributed by atoms with E-state index < -0.39 is 0 Å². The predicted molar refractivity (Wildman–Crippen MR) is 210 cm³/mol. The van der Waals surface area contributed by atoms with Gasteiger partial charge in [0.05, 0.1) is 0 Å². The molecule has 0 atom stereocenters. The molecule has 49 heavy (non-hydrogen) atoms. The third kappa shape index (κ3) is 4.67. The van der Waals surface area contributed by atoms with E-state index in [2.05, 4.69) is 191 Å². The highest BCUT2D eigenvalue weighted by Crippen LogP contribution is 2.43. The molecule has 0 radical (unpaired) electrons. The van der Waals surface area contributed by atoms with E-state index in [1.54, 1.807) is 0 Å². The molecule has 0 spiro atoms. The Hall–Kier alpha value is -5.40. The molecule has 0 amide bonds. The lowest BCUT2D eigenvalue weighted by atomic mass is 9.27. The molecule has 7 aromatic rings. The summed E-state index contributed by atoms with van der Waals surface area (Å²) in [6.45, 7) is 9.93. The Labute approximate surface area is 291 Å². The molecule has 7 aromatic carbocycles. The average Bonchev–Trinajstić information content (AvgIpc) is 3.15. The fourth-order valence-electron chi connectivity index (χ4n) is 8.84. The Morgan fingerprint density at radius 2 is 0.653 bits per heavy atom. The number of hydrogen-bond donors (Lipinski definition) is 0. The second-order valence-corrected chi connectivity index (χ2v) is 15.0. The summed E-state index contributed by atoms with van der Waals surface area (Å²) >= 11 is 0. The van der Waals surface area contributed by atoms with Crippen LogP contribution in [0, 0.1) is 0 Å². The molecule has 0 bridgehead atoms. The summed E-state index contributed by atoms with van der Waals surface area (Å²) in [7, 11) is 0. The van der Waals surface area contributed by atoms with Gasteiger partial charge in [-0.25, -0.2) is 0 Å². The van der Waals surface area contributed by atoms with Gasteiger partial charge in [0.2, 0.25) is 6.71 Å². The van der Waals surface area contributed by atoms with Crippen molar-refractivity contribution in [1.82, 2.24) is 0 Å². The lowest BCUT2D eigenvalue weighted by Crippen LogP contribution is -2.66. The molecule has 0 saturated heterocycles. The van der Waals surface area contributed by atoms with Crippen LogP contribution in [0.4, 0.5) is 0 Å². The summed E-state index contributed by atoms with van der Waals surface area (Å²) in [4.78, 5) is 0. The second kappa shape index (κ2) is 11.1. The standard InChI is InChI=1S/C48H39B/c1-47(2)40-23-8-10-25-44(40)49-45-26-11-9-24-41(45)48(3,4)43-31-39(30-42(47)46(43)49)38-22-14-21-37(29-38)36-20-13-19-35(28-36)34-18-12-17-33(27-34)32-15-6-5-7-16-32/h5-31H,1-4H3. The molecule has 0 saturated carbocycles. The molecule has 0 aromatic heterocycles. The van der Waals surface area contributed by atoms with Crippen LogP contribution in [0.15, 0.2) is 164 Å². The van der Waals surface area contributed by atoms with E-state index in [-0.39, 0.29) is 17.5 Å². The first-order chi connectivity index (χ1) is 23.8. The van der Waals surface area contributed by atoms with Gasteiger partial charge in [-0.3, -0.25) is 0 Å². The van der Waals surface area contributed by atoms with Crippen LogP contribution in [-0.2, 0) is 10.8 Å². The molecular weight excluding hydrogens is 587 g/mol. The maximum Gasteiger partial charge on any atom is 0.242 e.